The molecule has 1 heteroatoms. The lowest BCUT2D eigenvalue weighted by molar-refractivity contribution is -0.0814. The Labute approximate surface area is 151 Å². The summed E-state index contributed by atoms with van der Waals surface area (Å²) >= 11 is 0. The predicted molar refractivity (Wildman–Crippen MR) is 104 cm³/mol. The molecule has 1 fully saturated rings. The third-order valence-corrected chi connectivity index (χ3v) is 7.21. The molecule has 1 spiro atoms. The average Bonchev–Trinajstić information content (AvgIpc) is 2.62. The largest absolute Gasteiger partial charge is 0.490 e. The molecule has 4 atom stereocenters. The molecule has 5 rings (SSSR count). The van der Waals surface area contributed by atoms with E-state index in [9.17, 15) is 0 Å². The van der Waals surface area contributed by atoms with Crippen molar-refractivity contribution in [3.63, 3.8) is 0 Å². The molecule has 2 bridgehead atoms. The first-order valence-corrected chi connectivity index (χ1v) is 10.2. The Morgan fingerprint density at radius 3 is 2.92 bits per heavy atom. The van der Waals surface area contributed by atoms with Crippen LogP contribution in [0.1, 0.15) is 51.0 Å². The quantitative estimate of drug-likeness (QED) is 0.586. The first-order chi connectivity index (χ1) is 12.3. The summed E-state index contributed by atoms with van der Waals surface area (Å²) in [5.41, 5.74) is 1.79. The van der Waals surface area contributed by atoms with Gasteiger partial charge in [-0.3, -0.25) is 0 Å². The minimum Gasteiger partial charge on any atom is -0.490 e. The van der Waals surface area contributed by atoms with Crippen LogP contribution in [0.4, 0.5) is 0 Å². The smallest absolute Gasteiger partial charge is 0.123 e. The van der Waals surface area contributed by atoms with Gasteiger partial charge in [0.15, 0.2) is 0 Å². The lowest BCUT2D eigenvalue weighted by Gasteiger charge is -2.57. The van der Waals surface area contributed by atoms with Gasteiger partial charge in [-0.15, -0.1) is 0 Å². The summed E-state index contributed by atoms with van der Waals surface area (Å²) in [5, 5.41) is 2.76. The zero-order valence-corrected chi connectivity index (χ0v) is 15.2. The van der Waals surface area contributed by atoms with E-state index in [0.29, 0.717) is 17.4 Å². The summed E-state index contributed by atoms with van der Waals surface area (Å²) in [7, 11) is 0. The number of allylic oxidation sites excluding steroid dienone is 2. The van der Waals surface area contributed by atoms with E-state index in [1.54, 1.807) is 0 Å². The summed E-state index contributed by atoms with van der Waals surface area (Å²) < 4.78 is 6.78. The van der Waals surface area contributed by atoms with Crippen LogP contribution in [-0.4, -0.2) is 6.10 Å². The summed E-state index contributed by atoms with van der Waals surface area (Å²) in [6, 6.07) is 13.3. The summed E-state index contributed by atoms with van der Waals surface area (Å²) in [4.78, 5) is 0. The third-order valence-electron chi connectivity index (χ3n) is 7.21. The van der Waals surface area contributed by atoms with Gasteiger partial charge in [0.2, 0.25) is 0 Å². The van der Waals surface area contributed by atoms with Crippen molar-refractivity contribution in [2.45, 2.75) is 58.0 Å². The van der Waals surface area contributed by atoms with Gasteiger partial charge in [0.25, 0.3) is 0 Å². The van der Waals surface area contributed by atoms with E-state index in [1.807, 2.05) is 0 Å². The third kappa shape index (κ3) is 2.21. The molecule has 1 saturated carbocycles. The van der Waals surface area contributed by atoms with Crippen LogP contribution >= 0.6 is 0 Å². The number of rotatable bonds is 2. The molecule has 25 heavy (non-hydrogen) atoms. The molecule has 0 saturated heterocycles. The first kappa shape index (κ1) is 15.5. The minimum atomic E-state index is 0.320. The fraction of sp³-hybridized carbons (Fsp3) is 0.500. The number of benzene rings is 2. The van der Waals surface area contributed by atoms with Crippen molar-refractivity contribution in [2.75, 3.05) is 0 Å². The van der Waals surface area contributed by atoms with Crippen molar-refractivity contribution in [1.29, 1.82) is 0 Å². The van der Waals surface area contributed by atoms with Gasteiger partial charge in [0.05, 0.1) is 0 Å². The Hall–Kier alpha value is -1.76. The summed E-state index contributed by atoms with van der Waals surface area (Å²) in [6.07, 6.45) is 14.3. The molecule has 0 amide bonds. The highest BCUT2D eigenvalue weighted by Crippen LogP contribution is 2.59. The maximum atomic E-state index is 6.78. The maximum Gasteiger partial charge on any atom is 0.123 e. The molecule has 1 heterocycles. The van der Waals surface area contributed by atoms with Crippen LogP contribution in [0.15, 0.2) is 48.6 Å². The van der Waals surface area contributed by atoms with Crippen molar-refractivity contribution < 1.29 is 4.74 Å². The van der Waals surface area contributed by atoms with E-state index in [-0.39, 0.29) is 0 Å². The first-order valence-electron chi connectivity index (χ1n) is 10.2. The van der Waals surface area contributed by atoms with Gasteiger partial charge in [-0.2, -0.15) is 0 Å². The van der Waals surface area contributed by atoms with Crippen molar-refractivity contribution in [1.82, 2.24) is 0 Å². The van der Waals surface area contributed by atoms with Crippen LogP contribution in [0, 0.1) is 17.3 Å². The topological polar surface area (TPSA) is 9.23 Å². The molecule has 1 aliphatic heterocycles. The number of hydrogen-bond acceptors (Lipinski definition) is 1. The van der Waals surface area contributed by atoms with E-state index in [0.717, 1.165) is 11.7 Å². The van der Waals surface area contributed by atoms with Crippen molar-refractivity contribution in [3.05, 3.63) is 54.1 Å². The van der Waals surface area contributed by atoms with Crippen LogP contribution in [0.3, 0.4) is 0 Å². The highest BCUT2D eigenvalue weighted by molar-refractivity contribution is 5.88. The summed E-state index contributed by atoms with van der Waals surface area (Å²) in [6.45, 7) is 2.31. The molecule has 0 N–H and O–H groups in total. The fourth-order valence-electron chi connectivity index (χ4n) is 6.10. The molecule has 2 aliphatic carbocycles. The van der Waals surface area contributed by atoms with Crippen molar-refractivity contribution >= 4 is 10.8 Å². The van der Waals surface area contributed by atoms with Gasteiger partial charge in [-0.1, -0.05) is 62.2 Å². The number of ether oxygens (including phenoxy) is 1. The second-order valence-electron chi connectivity index (χ2n) is 8.35. The normalized spacial score (nSPS) is 33.2. The highest BCUT2D eigenvalue weighted by atomic mass is 16.5. The number of hydrogen-bond donors (Lipinski definition) is 0. The van der Waals surface area contributed by atoms with Gasteiger partial charge in [0, 0.05) is 11.0 Å². The lowest BCUT2D eigenvalue weighted by Crippen LogP contribution is -2.56. The standard InChI is InChI=1S/C24H28O/c1-2-7-23-24(18-9-5-10-19(24)12-6-11-18)16-21-20-13-4-3-8-17(20)14-15-22(21)25-23/h3-5,8-9,13-15,18-19,23H,2,6-7,10-12,16H2,1H3. The van der Waals surface area contributed by atoms with Crippen LogP contribution < -0.4 is 4.74 Å². The molecule has 2 aromatic carbocycles. The van der Waals surface area contributed by atoms with E-state index in [4.69, 9.17) is 4.74 Å². The zero-order chi connectivity index (χ0) is 16.9. The molecule has 4 unspecified atom stereocenters. The Balaban J connectivity index is 1.69. The second kappa shape index (κ2) is 5.90. The number of fused-ring (bicyclic) bond motifs is 3. The predicted octanol–water partition coefficient (Wildman–Crippen LogP) is 6.31. The SMILES string of the molecule is CCCC1Oc2ccc3ccccc3c2CC12C1C=CCC2CCC1. The molecule has 3 aliphatic rings. The molecule has 0 radical (unpaired) electrons. The Bertz CT molecular complexity index is 820. The lowest BCUT2D eigenvalue weighted by atomic mass is 9.51. The van der Waals surface area contributed by atoms with E-state index >= 15 is 0 Å². The molecule has 2 aromatic rings. The van der Waals surface area contributed by atoms with Crippen LogP contribution in [0.25, 0.3) is 10.8 Å². The molecule has 1 nitrogen and oxygen atoms in total. The van der Waals surface area contributed by atoms with E-state index in [2.05, 4.69) is 55.5 Å². The van der Waals surface area contributed by atoms with Crippen molar-refractivity contribution in [2.24, 2.45) is 17.3 Å². The molecular formula is C24H28O. The molecule has 130 valence electrons. The monoisotopic (exact) mass is 332 g/mol. The van der Waals surface area contributed by atoms with E-state index in [1.165, 1.54) is 61.3 Å². The maximum absolute atomic E-state index is 6.78. The average molecular weight is 332 g/mol. The van der Waals surface area contributed by atoms with Crippen LogP contribution in [-0.2, 0) is 6.42 Å². The van der Waals surface area contributed by atoms with Crippen molar-refractivity contribution in [3.8, 4) is 5.75 Å². The van der Waals surface area contributed by atoms with Gasteiger partial charge >= 0.3 is 0 Å². The summed E-state index contributed by atoms with van der Waals surface area (Å²) in [5.74, 6) is 2.64. The molecular weight excluding hydrogens is 304 g/mol. The van der Waals surface area contributed by atoms with Gasteiger partial charge < -0.3 is 4.74 Å². The minimum absolute atomic E-state index is 0.320. The Morgan fingerprint density at radius 2 is 2.04 bits per heavy atom. The fourth-order valence-corrected chi connectivity index (χ4v) is 6.10. The Kier molecular flexibility index (Phi) is 3.66. The Morgan fingerprint density at radius 1 is 1.12 bits per heavy atom. The second-order valence-corrected chi connectivity index (χ2v) is 8.35. The van der Waals surface area contributed by atoms with Gasteiger partial charge in [0.1, 0.15) is 11.9 Å². The van der Waals surface area contributed by atoms with E-state index < -0.39 is 0 Å². The highest BCUT2D eigenvalue weighted by Gasteiger charge is 2.55. The van der Waals surface area contributed by atoms with Gasteiger partial charge in [-0.05, 0) is 60.8 Å². The van der Waals surface area contributed by atoms with Crippen LogP contribution in [0.2, 0.25) is 0 Å². The zero-order valence-electron chi connectivity index (χ0n) is 15.2. The molecule has 0 aromatic heterocycles. The van der Waals surface area contributed by atoms with Gasteiger partial charge in [-0.25, -0.2) is 0 Å². The van der Waals surface area contributed by atoms with Crippen LogP contribution in [0.5, 0.6) is 5.75 Å².